The van der Waals surface area contributed by atoms with Gasteiger partial charge in [0.2, 0.25) is 0 Å². The van der Waals surface area contributed by atoms with Gasteiger partial charge in [-0.1, -0.05) is 13.8 Å². The summed E-state index contributed by atoms with van der Waals surface area (Å²) in [7, 11) is 0. The molecule has 2 heteroatoms. The Balaban J connectivity index is 2.08. The number of rotatable bonds is 1. The fourth-order valence-corrected chi connectivity index (χ4v) is 2.95. The van der Waals surface area contributed by atoms with E-state index in [2.05, 4.69) is 19.2 Å². The third kappa shape index (κ3) is 0.939. The quantitative estimate of drug-likeness (QED) is 0.636. The second-order valence-electron chi connectivity index (χ2n) is 4.96. The van der Waals surface area contributed by atoms with Crippen LogP contribution in [0.3, 0.4) is 0 Å². The normalized spacial score (nSPS) is 43.4. The second kappa shape index (κ2) is 2.32. The van der Waals surface area contributed by atoms with Gasteiger partial charge in [0.05, 0.1) is 6.04 Å². The lowest BCUT2D eigenvalue weighted by molar-refractivity contribution is -0.121. The fraction of sp³-hybridized carbons (Fsp3) is 0.900. The van der Waals surface area contributed by atoms with Crippen molar-refractivity contribution < 1.29 is 4.79 Å². The Bertz CT molecular complexity index is 222. The minimum Gasteiger partial charge on any atom is -0.307 e. The van der Waals surface area contributed by atoms with Crippen LogP contribution in [0.4, 0.5) is 0 Å². The van der Waals surface area contributed by atoms with Gasteiger partial charge in [0, 0.05) is 0 Å². The largest absolute Gasteiger partial charge is 0.307 e. The summed E-state index contributed by atoms with van der Waals surface area (Å²) in [5.41, 5.74) is 0.474. The number of nitrogens with one attached hydrogen (secondary N) is 1. The van der Waals surface area contributed by atoms with Crippen LogP contribution in [0.2, 0.25) is 0 Å². The molecule has 1 saturated heterocycles. The first-order valence-corrected chi connectivity index (χ1v) is 4.76. The average molecular weight is 167 g/mol. The van der Waals surface area contributed by atoms with Crippen molar-refractivity contribution in [2.24, 2.45) is 17.3 Å². The van der Waals surface area contributed by atoms with Gasteiger partial charge >= 0.3 is 0 Å². The Morgan fingerprint density at radius 2 is 2.17 bits per heavy atom. The van der Waals surface area contributed by atoms with E-state index >= 15 is 0 Å². The number of fused-ring (bicyclic) bond motifs is 1. The Morgan fingerprint density at radius 3 is 2.58 bits per heavy atom. The van der Waals surface area contributed by atoms with Gasteiger partial charge in [-0.05, 0) is 37.1 Å². The van der Waals surface area contributed by atoms with Crippen LogP contribution in [0.1, 0.15) is 27.2 Å². The number of hydrogen-bond acceptors (Lipinski definition) is 2. The van der Waals surface area contributed by atoms with Gasteiger partial charge < -0.3 is 5.32 Å². The van der Waals surface area contributed by atoms with E-state index in [1.807, 2.05) is 0 Å². The second-order valence-corrected chi connectivity index (χ2v) is 4.96. The van der Waals surface area contributed by atoms with E-state index in [9.17, 15) is 4.79 Å². The molecule has 0 bridgehead atoms. The molecule has 0 amide bonds. The third-order valence-corrected chi connectivity index (χ3v) is 3.71. The maximum atomic E-state index is 11.2. The summed E-state index contributed by atoms with van der Waals surface area (Å²) in [4.78, 5) is 11.2. The fourth-order valence-electron chi connectivity index (χ4n) is 2.95. The smallest absolute Gasteiger partial charge is 0.146 e. The van der Waals surface area contributed by atoms with Crippen molar-refractivity contribution in [3.63, 3.8) is 0 Å². The zero-order valence-electron chi connectivity index (χ0n) is 8.05. The van der Waals surface area contributed by atoms with Gasteiger partial charge in [-0.15, -0.1) is 0 Å². The monoisotopic (exact) mass is 167 g/mol. The van der Waals surface area contributed by atoms with E-state index in [0.717, 1.165) is 12.5 Å². The predicted octanol–water partition coefficient (Wildman–Crippen LogP) is 1.21. The number of hydrogen-bond donors (Lipinski definition) is 1. The maximum absolute atomic E-state index is 11.2. The SMILES string of the molecule is CC(=O)[C@H]1NC[C@H]2[C@@H]1CC2(C)C. The molecule has 1 aliphatic carbocycles. The Labute approximate surface area is 73.7 Å². The first kappa shape index (κ1) is 8.24. The van der Waals surface area contributed by atoms with E-state index in [4.69, 9.17) is 0 Å². The third-order valence-electron chi connectivity index (χ3n) is 3.71. The van der Waals surface area contributed by atoms with Gasteiger partial charge in [-0.2, -0.15) is 0 Å². The molecule has 0 unspecified atom stereocenters. The van der Waals surface area contributed by atoms with Gasteiger partial charge in [-0.25, -0.2) is 0 Å². The Kier molecular flexibility index (Phi) is 1.59. The van der Waals surface area contributed by atoms with Crippen molar-refractivity contribution in [1.82, 2.24) is 5.32 Å². The lowest BCUT2D eigenvalue weighted by Gasteiger charge is -2.48. The number of carbonyl (C=O) groups excluding carboxylic acids is 1. The molecule has 3 atom stereocenters. The van der Waals surface area contributed by atoms with Crippen molar-refractivity contribution in [2.75, 3.05) is 6.54 Å². The van der Waals surface area contributed by atoms with Crippen molar-refractivity contribution >= 4 is 5.78 Å². The summed E-state index contributed by atoms with van der Waals surface area (Å²) >= 11 is 0. The predicted molar refractivity (Wildman–Crippen MR) is 47.8 cm³/mol. The van der Waals surface area contributed by atoms with Crippen LogP contribution < -0.4 is 5.32 Å². The van der Waals surface area contributed by atoms with E-state index in [1.54, 1.807) is 6.92 Å². The summed E-state index contributed by atoms with van der Waals surface area (Å²) in [6.07, 6.45) is 1.22. The first-order chi connectivity index (χ1) is 5.52. The maximum Gasteiger partial charge on any atom is 0.146 e. The molecule has 0 aromatic heterocycles. The molecule has 12 heavy (non-hydrogen) atoms. The molecule has 0 aromatic rings. The highest BCUT2D eigenvalue weighted by Gasteiger charge is 2.54. The van der Waals surface area contributed by atoms with Gasteiger partial charge in [0.1, 0.15) is 5.78 Å². The summed E-state index contributed by atoms with van der Waals surface area (Å²) in [5.74, 6) is 1.70. The van der Waals surface area contributed by atoms with Crippen LogP contribution in [-0.2, 0) is 4.79 Å². The lowest BCUT2D eigenvalue weighted by atomic mass is 9.55. The Hall–Kier alpha value is -0.370. The molecule has 0 spiro atoms. The minimum absolute atomic E-state index is 0.169. The molecule has 1 N–H and O–H groups in total. The number of ketones is 1. The average Bonchev–Trinajstić information content (AvgIpc) is 2.27. The molecule has 2 nitrogen and oxygen atoms in total. The lowest BCUT2D eigenvalue weighted by Crippen LogP contribution is -2.47. The molecule has 1 heterocycles. The standard InChI is InChI=1S/C10H17NO/c1-6(12)9-7-4-10(2,3)8(7)5-11-9/h7-9,11H,4-5H2,1-3H3/t7-,8-,9+/m0/s1. The molecular weight excluding hydrogens is 150 g/mol. The van der Waals surface area contributed by atoms with Gasteiger partial charge in [0.25, 0.3) is 0 Å². The van der Waals surface area contributed by atoms with E-state index < -0.39 is 0 Å². The highest BCUT2D eigenvalue weighted by Crippen LogP contribution is 2.54. The molecule has 1 aliphatic heterocycles. The topological polar surface area (TPSA) is 29.1 Å². The summed E-state index contributed by atoms with van der Waals surface area (Å²) in [6.45, 7) is 7.35. The van der Waals surface area contributed by atoms with E-state index in [0.29, 0.717) is 17.1 Å². The summed E-state index contributed by atoms with van der Waals surface area (Å²) in [5, 5.41) is 3.32. The van der Waals surface area contributed by atoms with E-state index in [-0.39, 0.29) is 6.04 Å². The van der Waals surface area contributed by atoms with Gasteiger partial charge in [0.15, 0.2) is 0 Å². The Morgan fingerprint density at radius 1 is 1.50 bits per heavy atom. The van der Waals surface area contributed by atoms with Crippen LogP contribution in [0.15, 0.2) is 0 Å². The van der Waals surface area contributed by atoms with E-state index in [1.165, 1.54) is 6.42 Å². The van der Waals surface area contributed by atoms with Crippen molar-refractivity contribution in [3.8, 4) is 0 Å². The highest BCUT2D eigenvalue weighted by atomic mass is 16.1. The van der Waals surface area contributed by atoms with Crippen LogP contribution in [0.5, 0.6) is 0 Å². The van der Waals surface area contributed by atoms with Crippen molar-refractivity contribution in [3.05, 3.63) is 0 Å². The van der Waals surface area contributed by atoms with Crippen molar-refractivity contribution in [2.45, 2.75) is 33.2 Å². The van der Waals surface area contributed by atoms with Crippen LogP contribution in [-0.4, -0.2) is 18.4 Å². The molecule has 1 saturated carbocycles. The molecule has 2 fully saturated rings. The number of carbonyl (C=O) groups is 1. The first-order valence-electron chi connectivity index (χ1n) is 4.76. The zero-order chi connectivity index (χ0) is 8.93. The molecule has 68 valence electrons. The highest BCUT2D eigenvalue weighted by molar-refractivity contribution is 5.82. The molecule has 2 rings (SSSR count). The number of Topliss-reactive ketones (excluding diaryl/α,β-unsaturated/α-hetero) is 1. The van der Waals surface area contributed by atoms with Crippen LogP contribution in [0, 0.1) is 17.3 Å². The molecule has 0 radical (unpaired) electrons. The summed E-state index contributed by atoms with van der Waals surface area (Å²) < 4.78 is 0. The molecule has 2 aliphatic rings. The van der Waals surface area contributed by atoms with Crippen molar-refractivity contribution in [1.29, 1.82) is 0 Å². The van der Waals surface area contributed by atoms with Crippen LogP contribution in [0.25, 0.3) is 0 Å². The molecule has 0 aromatic carbocycles. The minimum atomic E-state index is 0.169. The summed E-state index contributed by atoms with van der Waals surface area (Å²) in [6, 6.07) is 0.169. The zero-order valence-corrected chi connectivity index (χ0v) is 8.05. The molecular formula is C10H17NO. The van der Waals surface area contributed by atoms with Crippen LogP contribution >= 0.6 is 0 Å². The van der Waals surface area contributed by atoms with Gasteiger partial charge in [-0.3, -0.25) is 4.79 Å².